The van der Waals surface area contributed by atoms with Crippen molar-refractivity contribution >= 4 is 40.9 Å². The zero-order chi connectivity index (χ0) is 19.4. The number of nitrogens with one attached hydrogen (secondary N) is 2. The zero-order valence-electron chi connectivity index (χ0n) is 14.7. The van der Waals surface area contributed by atoms with E-state index in [0.717, 1.165) is 25.0 Å². The minimum Gasteiger partial charge on any atom is -0.376 e. The van der Waals surface area contributed by atoms with Crippen LogP contribution in [-0.4, -0.2) is 39.1 Å². The molecule has 1 aromatic carbocycles. The average molecular weight is 431 g/mol. The van der Waals surface area contributed by atoms with Crippen LogP contribution in [-0.2, 0) is 16.1 Å². The van der Waals surface area contributed by atoms with Gasteiger partial charge in [-0.3, -0.25) is 9.36 Å². The number of ether oxygens (including phenoxy) is 1. The van der Waals surface area contributed by atoms with Crippen LogP contribution in [0.1, 0.15) is 31.4 Å². The number of H-pyrrole nitrogens is 1. The number of halogens is 2. The van der Waals surface area contributed by atoms with Gasteiger partial charge in [0.1, 0.15) is 0 Å². The number of hydrogen-bond donors (Lipinski definition) is 2. The molecule has 2 N–H and O–H groups in total. The van der Waals surface area contributed by atoms with E-state index >= 15 is 0 Å². The summed E-state index contributed by atoms with van der Waals surface area (Å²) in [7, 11) is 0. The molecule has 27 heavy (non-hydrogen) atoms. The van der Waals surface area contributed by atoms with E-state index < -0.39 is 0 Å². The molecule has 1 fully saturated rings. The van der Waals surface area contributed by atoms with E-state index in [9.17, 15) is 9.59 Å². The molecule has 0 unspecified atom stereocenters. The van der Waals surface area contributed by atoms with E-state index in [1.807, 2.05) is 13.0 Å². The summed E-state index contributed by atoms with van der Waals surface area (Å²) < 4.78 is 7.10. The van der Waals surface area contributed by atoms with Crippen molar-refractivity contribution < 1.29 is 9.53 Å². The van der Waals surface area contributed by atoms with E-state index in [1.54, 1.807) is 12.1 Å². The number of hydrogen-bond acceptors (Lipinski definition) is 5. The van der Waals surface area contributed by atoms with E-state index in [2.05, 4.69) is 15.5 Å². The van der Waals surface area contributed by atoms with Gasteiger partial charge in [0.05, 0.1) is 34.5 Å². The van der Waals surface area contributed by atoms with Crippen molar-refractivity contribution in [2.45, 2.75) is 43.6 Å². The molecule has 0 radical (unpaired) electrons. The lowest BCUT2D eigenvalue weighted by molar-refractivity contribution is -0.119. The van der Waals surface area contributed by atoms with Crippen LogP contribution in [0.25, 0.3) is 0 Å². The standard InChI is InChI=1S/C17H20Cl2N4O3S/c1-10(11-4-5-13(18)14(19)7-11)20-15(24)9-27-17-22-21-16(25)23(17)8-12-3-2-6-26-12/h4-5,7,10,12H,2-3,6,8-9H2,1H3,(H,20,24)(H,21,25)/t10-,12+/m0/s1. The Bertz CT molecular complexity index is 864. The molecule has 7 nitrogen and oxygen atoms in total. The Morgan fingerprint density at radius 1 is 1.48 bits per heavy atom. The number of carbonyl (C=O) groups excluding carboxylic acids is 1. The van der Waals surface area contributed by atoms with Crippen molar-refractivity contribution in [3.05, 3.63) is 44.3 Å². The van der Waals surface area contributed by atoms with Crippen LogP contribution in [0, 0.1) is 0 Å². The number of aromatic amines is 1. The van der Waals surface area contributed by atoms with E-state index in [1.165, 1.54) is 16.3 Å². The Morgan fingerprint density at radius 2 is 2.30 bits per heavy atom. The minimum absolute atomic E-state index is 0.0168. The first-order chi connectivity index (χ1) is 12.9. The molecule has 1 aromatic heterocycles. The molecule has 0 bridgehead atoms. The summed E-state index contributed by atoms with van der Waals surface area (Å²) in [6.45, 7) is 3.03. The van der Waals surface area contributed by atoms with Crippen LogP contribution in [0.2, 0.25) is 10.0 Å². The van der Waals surface area contributed by atoms with Gasteiger partial charge >= 0.3 is 5.69 Å². The average Bonchev–Trinajstić information content (AvgIpc) is 3.27. The van der Waals surface area contributed by atoms with Crippen LogP contribution in [0.5, 0.6) is 0 Å². The zero-order valence-corrected chi connectivity index (χ0v) is 17.0. The van der Waals surface area contributed by atoms with E-state index in [0.29, 0.717) is 21.7 Å². The number of carbonyl (C=O) groups is 1. The van der Waals surface area contributed by atoms with Gasteiger partial charge in [-0.05, 0) is 37.5 Å². The van der Waals surface area contributed by atoms with Crippen LogP contribution < -0.4 is 11.0 Å². The molecule has 1 amide bonds. The Kier molecular flexibility index (Phi) is 6.86. The highest BCUT2D eigenvalue weighted by Crippen LogP contribution is 2.25. The Morgan fingerprint density at radius 3 is 3.00 bits per heavy atom. The normalized spacial score (nSPS) is 17.8. The number of benzene rings is 1. The lowest BCUT2D eigenvalue weighted by Crippen LogP contribution is -2.29. The van der Waals surface area contributed by atoms with Crippen molar-refractivity contribution in [2.75, 3.05) is 12.4 Å². The van der Waals surface area contributed by atoms with Crippen molar-refractivity contribution in [3.63, 3.8) is 0 Å². The molecular formula is C17H20Cl2N4O3S. The van der Waals surface area contributed by atoms with E-state index in [4.69, 9.17) is 27.9 Å². The molecule has 2 heterocycles. The summed E-state index contributed by atoms with van der Waals surface area (Å²) in [5.74, 6) is -0.0285. The summed E-state index contributed by atoms with van der Waals surface area (Å²) in [6.07, 6.45) is 1.93. The molecule has 0 aliphatic carbocycles. The van der Waals surface area contributed by atoms with Gasteiger partial charge in [0, 0.05) is 6.61 Å². The summed E-state index contributed by atoms with van der Waals surface area (Å²) in [6, 6.07) is 5.03. The molecular weight excluding hydrogens is 411 g/mol. The van der Waals surface area contributed by atoms with Crippen LogP contribution >= 0.6 is 35.0 Å². The number of amides is 1. The predicted octanol–water partition coefficient (Wildman–Crippen LogP) is 3.03. The monoisotopic (exact) mass is 430 g/mol. The van der Waals surface area contributed by atoms with Gasteiger partial charge < -0.3 is 10.1 Å². The lowest BCUT2D eigenvalue weighted by atomic mass is 10.1. The van der Waals surface area contributed by atoms with Gasteiger partial charge in [0.15, 0.2) is 5.16 Å². The summed E-state index contributed by atoms with van der Waals surface area (Å²) >= 11 is 13.1. The highest BCUT2D eigenvalue weighted by atomic mass is 35.5. The maximum Gasteiger partial charge on any atom is 0.344 e. The van der Waals surface area contributed by atoms with E-state index in [-0.39, 0.29) is 29.5 Å². The van der Waals surface area contributed by atoms with Crippen LogP contribution in [0.15, 0.2) is 28.2 Å². The second-order valence-electron chi connectivity index (χ2n) is 6.31. The predicted molar refractivity (Wildman–Crippen MR) is 106 cm³/mol. The quantitative estimate of drug-likeness (QED) is 0.658. The van der Waals surface area contributed by atoms with Gasteiger partial charge in [-0.1, -0.05) is 41.0 Å². The molecule has 3 rings (SSSR count). The second-order valence-corrected chi connectivity index (χ2v) is 8.07. The molecule has 2 atom stereocenters. The molecule has 10 heteroatoms. The van der Waals surface area contributed by atoms with Crippen molar-refractivity contribution in [2.24, 2.45) is 0 Å². The molecule has 1 aliphatic heterocycles. The van der Waals surface area contributed by atoms with Crippen molar-refractivity contribution in [1.29, 1.82) is 0 Å². The maximum atomic E-state index is 12.3. The highest BCUT2D eigenvalue weighted by Gasteiger charge is 2.20. The molecule has 0 spiro atoms. The fourth-order valence-electron chi connectivity index (χ4n) is 2.84. The summed E-state index contributed by atoms with van der Waals surface area (Å²) in [5.41, 5.74) is 0.565. The molecule has 146 valence electrons. The third kappa shape index (κ3) is 5.28. The Balaban J connectivity index is 1.56. The largest absolute Gasteiger partial charge is 0.376 e. The smallest absolute Gasteiger partial charge is 0.344 e. The number of nitrogens with zero attached hydrogens (tertiary/aromatic N) is 2. The van der Waals surface area contributed by atoms with Gasteiger partial charge in [-0.15, -0.1) is 5.10 Å². The Hall–Kier alpha value is -1.48. The first-order valence-corrected chi connectivity index (χ1v) is 10.3. The minimum atomic E-state index is -0.294. The molecule has 0 saturated carbocycles. The summed E-state index contributed by atoms with van der Waals surface area (Å²) in [5, 5.41) is 10.7. The second kappa shape index (κ2) is 9.14. The summed E-state index contributed by atoms with van der Waals surface area (Å²) in [4.78, 5) is 24.2. The van der Waals surface area contributed by atoms with Crippen molar-refractivity contribution in [1.82, 2.24) is 20.1 Å². The first kappa shape index (κ1) is 20.3. The maximum absolute atomic E-state index is 12.3. The highest BCUT2D eigenvalue weighted by molar-refractivity contribution is 7.99. The van der Waals surface area contributed by atoms with Gasteiger partial charge in [0.25, 0.3) is 0 Å². The first-order valence-electron chi connectivity index (χ1n) is 8.58. The molecule has 2 aromatic rings. The number of aromatic nitrogens is 3. The topological polar surface area (TPSA) is 89.0 Å². The van der Waals surface area contributed by atoms with Gasteiger partial charge in [0.2, 0.25) is 5.91 Å². The Labute approximate surface area is 170 Å². The molecule has 1 aliphatic rings. The fraction of sp³-hybridized carbons (Fsp3) is 0.471. The van der Waals surface area contributed by atoms with Crippen LogP contribution in [0.4, 0.5) is 0 Å². The third-order valence-corrected chi connectivity index (χ3v) is 6.00. The lowest BCUT2D eigenvalue weighted by Gasteiger charge is -2.15. The SMILES string of the molecule is C[C@H](NC(=O)CSc1n[nH]c(=O)n1C[C@H]1CCCO1)c1ccc(Cl)c(Cl)c1. The van der Waals surface area contributed by atoms with Crippen LogP contribution in [0.3, 0.4) is 0 Å². The molecule has 1 saturated heterocycles. The number of thioether (sulfide) groups is 1. The number of rotatable bonds is 7. The third-order valence-electron chi connectivity index (χ3n) is 4.29. The fourth-order valence-corrected chi connectivity index (χ4v) is 3.92. The van der Waals surface area contributed by atoms with Gasteiger partial charge in [-0.2, -0.15) is 0 Å². The van der Waals surface area contributed by atoms with Gasteiger partial charge in [-0.25, -0.2) is 9.89 Å². The van der Waals surface area contributed by atoms with Crippen molar-refractivity contribution in [3.8, 4) is 0 Å².